The predicted molar refractivity (Wildman–Crippen MR) is 173 cm³/mol. The van der Waals surface area contributed by atoms with Crippen molar-refractivity contribution >= 4 is 34.4 Å². The number of hydrogen-bond donors (Lipinski definition) is 0. The van der Waals surface area contributed by atoms with Crippen LogP contribution in [0.2, 0.25) is 0 Å². The largest absolute Gasteiger partial charge is 0.495 e. The van der Waals surface area contributed by atoms with Crippen LogP contribution in [0.25, 0.3) is 11.1 Å². The summed E-state index contributed by atoms with van der Waals surface area (Å²) in [5.41, 5.74) is 2.17. The molecule has 8 rings (SSSR count). The second-order valence-corrected chi connectivity index (χ2v) is 11.8. The topological polar surface area (TPSA) is 63.7 Å². The summed E-state index contributed by atoms with van der Waals surface area (Å²) in [5.74, 6) is -2.48. The molecule has 5 aromatic carbocycles. The molecule has 0 aromatic heterocycles. The molecule has 0 spiro atoms. The number of para-hydroxylation sites is 2. The van der Waals surface area contributed by atoms with E-state index in [4.69, 9.17) is 4.74 Å². The van der Waals surface area contributed by atoms with Crippen molar-refractivity contribution in [1.82, 2.24) is 0 Å². The van der Waals surface area contributed by atoms with E-state index in [1.54, 1.807) is 24.3 Å². The smallest absolute Gasteiger partial charge is 0.239 e. The highest BCUT2D eigenvalue weighted by Gasteiger charge is 2.82. The quantitative estimate of drug-likeness (QED) is 0.203. The number of rotatable bonds is 6. The van der Waals surface area contributed by atoms with Gasteiger partial charge in [0.1, 0.15) is 5.75 Å². The highest BCUT2D eigenvalue weighted by Crippen LogP contribution is 2.74. The minimum Gasteiger partial charge on any atom is -0.495 e. The zero-order valence-corrected chi connectivity index (χ0v) is 24.6. The standard InChI is InChI=1S/C40H29NO4/c1-45-31-25-15-14-24-30(31)41-36(42)34-35(37(41)43)40(29-22-12-5-13-23-29)33(27-18-8-3-9-19-27)32(26-16-6-2-7-17-26)39(34,38(40)44)28-20-10-4-11-21-28/h2-25,34-35H,1H3/t34-,35-,39+,40+/m1/s1. The summed E-state index contributed by atoms with van der Waals surface area (Å²) >= 11 is 0. The lowest BCUT2D eigenvalue weighted by Crippen LogP contribution is -2.45. The fourth-order valence-electron chi connectivity index (χ4n) is 8.39. The van der Waals surface area contributed by atoms with E-state index in [0.717, 1.165) is 22.3 Å². The van der Waals surface area contributed by atoms with E-state index in [1.807, 2.05) is 121 Å². The first-order valence-corrected chi connectivity index (χ1v) is 15.1. The molecular formula is C40H29NO4. The van der Waals surface area contributed by atoms with Crippen LogP contribution in [0.15, 0.2) is 146 Å². The maximum Gasteiger partial charge on any atom is 0.239 e. The normalized spacial score (nSPS) is 25.2. The van der Waals surface area contributed by atoms with Crippen molar-refractivity contribution in [2.24, 2.45) is 11.8 Å². The molecule has 2 fully saturated rings. The molecule has 218 valence electrons. The van der Waals surface area contributed by atoms with E-state index in [0.29, 0.717) is 22.6 Å². The number of imide groups is 1. The Morgan fingerprint density at radius 1 is 0.511 bits per heavy atom. The number of fused-ring (bicyclic) bond motifs is 5. The molecule has 1 heterocycles. The van der Waals surface area contributed by atoms with Crippen molar-refractivity contribution in [2.75, 3.05) is 12.0 Å². The van der Waals surface area contributed by atoms with E-state index in [2.05, 4.69) is 0 Å². The Kier molecular flexibility index (Phi) is 6.00. The predicted octanol–water partition coefficient (Wildman–Crippen LogP) is 6.88. The maximum atomic E-state index is 15.9. The number of amides is 2. The fourth-order valence-corrected chi connectivity index (χ4v) is 8.39. The van der Waals surface area contributed by atoms with Gasteiger partial charge in [-0.2, -0.15) is 0 Å². The Balaban J connectivity index is 1.56. The number of anilines is 1. The monoisotopic (exact) mass is 587 g/mol. The molecule has 1 aliphatic heterocycles. The Hall–Kier alpha value is -5.55. The number of ether oxygens (including phenoxy) is 1. The number of carbonyl (C=O) groups is 3. The second-order valence-electron chi connectivity index (χ2n) is 11.8. The van der Waals surface area contributed by atoms with Gasteiger partial charge < -0.3 is 4.74 Å². The number of allylic oxidation sites excluding steroid dienone is 2. The van der Waals surface area contributed by atoms with Crippen LogP contribution in [0.1, 0.15) is 22.3 Å². The molecule has 4 atom stereocenters. The molecule has 3 aliphatic rings. The first kappa shape index (κ1) is 27.0. The third kappa shape index (κ3) is 3.35. The Bertz CT molecular complexity index is 1880. The number of methoxy groups -OCH3 is 1. The molecule has 5 aromatic rings. The van der Waals surface area contributed by atoms with Crippen molar-refractivity contribution in [3.63, 3.8) is 0 Å². The van der Waals surface area contributed by atoms with Crippen LogP contribution in [-0.4, -0.2) is 24.7 Å². The van der Waals surface area contributed by atoms with Gasteiger partial charge in [-0.05, 0) is 45.5 Å². The first-order chi connectivity index (χ1) is 22.1. The minimum absolute atomic E-state index is 0.138. The van der Waals surface area contributed by atoms with Crippen LogP contribution in [0.5, 0.6) is 5.75 Å². The van der Waals surface area contributed by atoms with Gasteiger partial charge in [0.2, 0.25) is 11.8 Å². The molecule has 2 amide bonds. The molecule has 0 unspecified atom stereocenters. The van der Waals surface area contributed by atoms with Gasteiger partial charge in [0.05, 0.1) is 35.5 Å². The van der Waals surface area contributed by atoms with E-state index in [-0.39, 0.29) is 5.78 Å². The third-order valence-electron chi connectivity index (χ3n) is 9.90. The van der Waals surface area contributed by atoms with Crippen LogP contribution in [0.4, 0.5) is 5.69 Å². The van der Waals surface area contributed by atoms with Gasteiger partial charge in [0.15, 0.2) is 5.78 Å². The molecule has 0 radical (unpaired) electrons. The number of nitrogens with zero attached hydrogens (tertiary/aromatic N) is 1. The molecule has 2 aliphatic carbocycles. The van der Waals surface area contributed by atoms with Crippen molar-refractivity contribution < 1.29 is 19.1 Å². The molecule has 5 heteroatoms. The van der Waals surface area contributed by atoms with Gasteiger partial charge in [-0.1, -0.05) is 133 Å². The zero-order valence-electron chi connectivity index (χ0n) is 24.6. The summed E-state index contributed by atoms with van der Waals surface area (Å²) in [5, 5.41) is 0. The molecule has 5 nitrogen and oxygen atoms in total. The minimum atomic E-state index is -1.43. The van der Waals surface area contributed by atoms with Gasteiger partial charge in [0.25, 0.3) is 0 Å². The maximum absolute atomic E-state index is 15.9. The lowest BCUT2D eigenvalue weighted by Gasteiger charge is -2.39. The van der Waals surface area contributed by atoms with E-state index in [9.17, 15) is 0 Å². The molecule has 1 saturated carbocycles. The Morgan fingerprint density at radius 2 is 0.889 bits per heavy atom. The lowest BCUT2D eigenvalue weighted by atomic mass is 9.59. The van der Waals surface area contributed by atoms with E-state index in [1.165, 1.54) is 12.0 Å². The van der Waals surface area contributed by atoms with Crippen molar-refractivity contribution in [1.29, 1.82) is 0 Å². The average Bonchev–Trinajstić information content (AvgIpc) is 3.61. The summed E-state index contributed by atoms with van der Waals surface area (Å²) in [4.78, 5) is 47.2. The summed E-state index contributed by atoms with van der Waals surface area (Å²) in [6.45, 7) is 0. The van der Waals surface area contributed by atoms with Gasteiger partial charge in [-0.25, -0.2) is 4.90 Å². The SMILES string of the molecule is COc1ccccc1N1C(=O)[C@H]2[C@H](C1=O)[C@@]1(c3ccccc3)C(=O)[C@@]2(c2ccccc2)C(c2ccccc2)=C1c1ccccc1. The Morgan fingerprint density at radius 3 is 1.31 bits per heavy atom. The zero-order chi connectivity index (χ0) is 30.8. The molecule has 1 saturated heterocycles. The second kappa shape index (κ2) is 10.00. The van der Waals surface area contributed by atoms with Crippen LogP contribution < -0.4 is 9.64 Å². The Labute approximate surface area is 261 Å². The van der Waals surface area contributed by atoms with Crippen molar-refractivity contribution in [3.8, 4) is 5.75 Å². The number of benzene rings is 5. The van der Waals surface area contributed by atoms with E-state index < -0.39 is 34.5 Å². The number of Topliss-reactive ketones (excluding diaryl/α,β-unsaturated/α-hetero) is 1. The highest BCUT2D eigenvalue weighted by molar-refractivity contribution is 6.39. The van der Waals surface area contributed by atoms with E-state index >= 15 is 14.4 Å². The van der Waals surface area contributed by atoms with Crippen molar-refractivity contribution in [3.05, 3.63) is 168 Å². The number of hydrogen-bond acceptors (Lipinski definition) is 4. The summed E-state index contributed by atoms with van der Waals surface area (Å²) in [7, 11) is 1.53. The van der Waals surface area contributed by atoms with Gasteiger partial charge in [-0.3, -0.25) is 14.4 Å². The number of ketones is 1. The fraction of sp³-hybridized carbons (Fsp3) is 0.125. The third-order valence-corrected chi connectivity index (χ3v) is 9.90. The molecule has 2 bridgehead atoms. The summed E-state index contributed by atoms with van der Waals surface area (Å²) in [6, 6.07) is 45.9. The number of carbonyl (C=O) groups excluding carboxylic acids is 3. The summed E-state index contributed by atoms with van der Waals surface area (Å²) in [6.07, 6.45) is 0. The van der Waals surface area contributed by atoms with Crippen LogP contribution in [-0.2, 0) is 25.2 Å². The van der Waals surface area contributed by atoms with Crippen LogP contribution >= 0.6 is 0 Å². The van der Waals surface area contributed by atoms with Crippen LogP contribution in [0.3, 0.4) is 0 Å². The van der Waals surface area contributed by atoms with Gasteiger partial charge in [0, 0.05) is 0 Å². The van der Waals surface area contributed by atoms with Crippen LogP contribution in [0, 0.1) is 11.8 Å². The van der Waals surface area contributed by atoms with Gasteiger partial charge >= 0.3 is 0 Å². The first-order valence-electron chi connectivity index (χ1n) is 15.1. The lowest BCUT2D eigenvalue weighted by molar-refractivity contribution is -0.130. The average molecular weight is 588 g/mol. The molecule has 0 N–H and O–H groups in total. The highest BCUT2D eigenvalue weighted by atomic mass is 16.5. The molecule has 45 heavy (non-hydrogen) atoms. The molecular weight excluding hydrogens is 558 g/mol. The van der Waals surface area contributed by atoms with Crippen molar-refractivity contribution in [2.45, 2.75) is 10.8 Å². The van der Waals surface area contributed by atoms with Gasteiger partial charge in [-0.15, -0.1) is 0 Å². The summed E-state index contributed by atoms with van der Waals surface area (Å²) < 4.78 is 5.64.